The number of carbonyl (C=O) groups is 3. The van der Waals surface area contributed by atoms with Crippen molar-refractivity contribution < 1.29 is 19.5 Å². The number of amides is 2. The first-order valence-corrected chi connectivity index (χ1v) is 6.34. The molecular formula is C14H16N2O4. The summed E-state index contributed by atoms with van der Waals surface area (Å²) >= 11 is 0. The van der Waals surface area contributed by atoms with Crippen molar-refractivity contribution in [3.05, 3.63) is 29.8 Å². The van der Waals surface area contributed by atoms with E-state index in [9.17, 15) is 14.4 Å². The number of aliphatic carboxylic acids is 1. The Morgan fingerprint density at radius 2 is 1.85 bits per heavy atom. The molecule has 0 aliphatic carbocycles. The van der Waals surface area contributed by atoms with Crippen molar-refractivity contribution >= 4 is 23.5 Å². The summed E-state index contributed by atoms with van der Waals surface area (Å²) in [6, 6.07) is 6.40. The molecule has 0 atom stereocenters. The lowest BCUT2D eigenvalue weighted by molar-refractivity contribution is -0.139. The molecule has 0 aromatic heterocycles. The third kappa shape index (κ3) is 3.34. The van der Waals surface area contributed by atoms with Crippen molar-refractivity contribution in [3.63, 3.8) is 0 Å². The first kappa shape index (κ1) is 14.0. The van der Waals surface area contributed by atoms with Crippen LogP contribution in [0.5, 0.6) is 0 Å². The molecule has 2 amide bonds. The van der Waals surface area contributed by atoms with Crippen molar-refractivity contribution in [1.82, 2.24) is 4.90 Å². The van der Waals surface area contributed by atoms with Gasteiger partial charge in [0.2, 0.25) is 0 Å². The maximum Gasteiger partial charge on any atom is 0.321 e. The Labute approximate surface area is 116 Å². The number of Topliss-reactive ketones (excluding diaryl/α,β-unsaturated/α-hetero) is 1. The minimum absolute atomic E-state index is 0.0258. The number of nitrogens with one attached hydrogen (secondary N) is 1. The van der Waals surface area contributed by atoms with Gasteiger partial charge in [0, 0.05) is 30.3 Å². The monoisotopic (exact) mass is 276 g/mol. The number of carbonyl (C=O) groups excluding carboxylic acids is 2. The highest BCUT2D eigenvalue weighted by Gasteiger charge is 2.31. The Hall–Kier alpha value is -2.37. The second-order valence-corrected chi connectivity index (χ2v) is 4.93. The van der Waals surface area contributed by atoms with Crippen molar-refractivity contribution in [2.24, 2.45) is 5.92 Å². The molecule has 0 saturated carbocycles. The topological polar surface area (TPSA) is 86.7 Å². The fraction of sp³-hybridized carbons (Fsp3) is 0.357. The summed E-state index contributed by atoms with van der Waals surface area (Å²) in [5.41, 5.74) is 1.20. The number of urea groups is 1. The quantitative estimate of drug-likeness (QED) is 0.821. The van der Waals surface area contributed by atoms with Crippen molar-refractivity contribution in [1.29, 1.82) is 0 Å². The van der Waals surface area contributed by atoms with Crippen molar-refractivity contribution in [3.8, 4) is 0 Å². The van der Waals surface area contributed by atoms with Crippen LogP contribution in [-0.4, -0.2) is 40.9 Å². The summed E-state index contributed by atoms with van der Waals surface area (Å²) < 4.78 is 0. The highest BCUT2D eigenvalue weighted by molar-refractivity contribution is 5.95. The van der Waals surface area contributed by atoms with Gasteiger partial charge >= 0.3 is 12.0 Å². The molecule has 1 aromatic rings. The molecule has 1 aromatic carbocycles. The first-order valence-electron chi connectivity index (χ1n) is 6.34. The van der Waals surface area contributed by atoms with Gasteiger partial charge in [0.25, 0.3) is 0 Å². The number of nitrogens with zero attached hydrogens (tertiary/aromatic N) is 1. The van der Waals surface area contributed by atoms with Gasteiger partial charge in [-0.25, -0.2) is 4.79 Å². The van der Waals surface area contributed by atoms with Crippen LogP contribution < -0.4 is 5.32 Å². The largest absolute Gasteiger partial charge is 0.481 e. The molecule has 0 radical (unpaired) electrons. The number of hydrogen-bond acceptors (Lipinski definition) is 3. The Morgan fingerprint density at radius 3 is 2.35 bits per heavy atom. The van der Waals surface area contributed by atoms with E-state index in [1.165, 1.54) is 6.92 Å². The van der Waals surface area contributed by atoms with Crippen LogP contribution in [0.15, 0.2) is 24.3 Å². The van der Waals surface area contributed by atoms with Gasteiger partial charge in [-0.2, -0.15) is 0 Å². The number of likely N-dealkylation sites (tertiary alicyclic amines) is 1. The van der Waals surface area contributed by atoms with Gasteiger partial charge in [-0.1, -0.05) is 0 Å². The van der Waals surface area contributed by atoms with Crippen LogP contribution in [0.2, 0.25) is 0 Å². The van der Waals surface area contributed by atoms with Crippen LogP contribution in [0.1, 0.15) is 23.7 Å². The number of rotatable bonds is 4. The summed E-state index contributed by atoms with van der Waals surface area (Å²) in [6.07, 6.45) is 0.0943. The summed E-state index contributed by atoms with van der Waals surface area (Å²) in [7, 11) is 0. The van der Waals surface area contributed by atoms with Crippen molar-refractivity contribution in [2.45, 2.75) is 13.3 Å². The lowest BCUT2D eigenvalue weighted by Crippen LogP contribution is -2.52. The predicted molar refractivity (Wildman–Crippen MR) is 72.8 cm³/mol. The molecule has 1 saturated heterocycles. The normalized spacial score (nSPS) is 14.6. The molecule has 1 heterocycles. The predicted octanol–water partition coefficient (Wildman–Crippen LogP) is 1.83. The van der Waals surface area contributed by atoms with Gasteiger partial charge in [-0.15, -0.1) is 0 Å². The van der Waals surface area contributed by atoms with Gasteiger partial charge in [0.1, 0.15) is 0 Å². The third-order valence-electron chi connectivity index (χ3n) is 3.25. The number of benzene rings is 1. The van der Waals surface area contributed by atoms with Crippen LogP contribution in [0.25, 0.3) is 0 Å². The highest BCUT2D eigenvalue weighted by atomic mass is 16.4. The van der Waals surface area contributed by atoms with Gasteiger partial charge < -0.3 is 15.3 Å². The molecule has 20 heavy (non-hydrogen) atoms. The standard InChI is InChI=1S/C14H16N2O4/c1-9(17)11-2-4-12(5-3-11)15-14(20)16-7-10(8-16)6-13(18)19/h2-5,10H,6-8H2,1H3,(H,15,20)(H,18,19). The van der Waals surface area contributed by atoms with E-state index in [-0.39, 0.29) is 24.2 Å². The molecule has 1 aliphatic rings. The zero-order valence-corrected chi connectivity index (χ0v) is 11.1. The molecule has 106 valence electrons. The summed E-state index contributed by atoms with van der Waals surface area (Å²) in [5.74, 6) is -0.824. The van der Waals surface area contributed by atoms with E-state index in [2.05, 4.69) is 5.32 Å². The molecule has 0 spiro atoms. The maximum atomic E-state index is 11.8. The maximum absolute atomic E-state index is 11.8. The van der Waals surface area contributed by atoms with Crippen LogP contribution in [0, 0.1) is 5.92 Å². The fourth-order valence-corrected chi connectivity index (χ4v) is 2.10. The van der Waals surface area contributed by atoms with Gasteiger partial charge in [0.05, 0.1) is 6.42 Å². The van der Waals surface area contributed by atoms with E-state index < -0.39 is 5.97 Å². The first-order chi connectivity index (χ1) is 9.45. The molecule has 2 N–H and O–H groups in total. The molecule has 1 aliphatic heterocycles. The third-order valence-corrected chi connectivity index (χ3v) is 3.25. The molecule has 0 bridgehead atoms. The van der Waals surface area contributed by atoms with Gasteiger partial charge in [-0.3, -0.25) is 9.59 Å². The summed E-state index contributed by atoms with van der Waals surface area (Å²) in [5, 5.41) is 11.3. The number of hydrogen-bond donors (Lipinski definition) is 2. The Kier molecular flexibility index (Phi) is 4.02. The van der Waals surface area contributed by atoms with E-state index >= 15 is 0 Å². The zero-order valence-electron chi connectivity index (χ0n) is 11.1. The Bertz CT molecular complexity index is 533. The van der Waals surface area contributed by atoms with Crippen LogP contribution >= 0.6 is 0 Å². The lowest BCUT2D eigenvalue weighted by Gasteiger charge is -2.38. The van der Waals surface area contributed by atoms with Crippen LogP contribution in [0.4, 0.5) is 10.5 Å². The van der Waals surface area contributed by atoms with E-state index in [1.807, 2.05) is 0 Å². The zero-order chi connectivity index (χ0) is 14.7. The Balaban J connectivity index is 1.84. The average molecular weight is 276 g/mol. The lowest BCUT2D eigenvalue weighted by atomic mass is 9.97. The minimum Gasteiger partial charge on any atom is -0.481 e. The van der Waals surface area contributed by atoms with Crippen molar-refractivity contribution in [2.75, 3.05) is 18.4 Å². The summed E-state index contributed by atoms with van der Waals surface area (Å²) in [6.45, 7) is 2.41. The number of anilines is 1. The average Bonchev–Trinajstić information content (AvgIpc) is 2.33. The Morgan fingerprint density at radius 1 is 1.25 bits per heavy atom. The molecule has 0 unspecified atom stereocenters. The fourth-order valence-electron chi connectivity index (χ4n) is 2.10. The van der Waals surface area contributed by atoms with Gasteiger partial charge in [-0.05, 0) is 31.2 Å². The van der Waals surface area contributed by atoms with E-state index in [0.29, 0.717) is 24.3 Å². The number of carboxylic acids is 1. The van der Waals surface area contributed by atoms with E-state index in [0.717, 1.165) is 0 Å². The van der Waals surface area contributed by atoms with E-state index in [1.54, 1.807) is 29.2 Å². The molecular weight excluding hydrogens is 260 g/mol. The van der Waals surface area contributed by atoms with E-state index in [4.69, 9.17) is 5.11 Å². The second kappa shape index (κ2) is 5.73. The summed E-state index contributed by atoms with van der Waals surface area (Å²) in [4.78, 5) is 35.0. The number of carboxylic acid groups (broad SMARTS) is 1. The second-order valence-electron chi connectivity index (χ2n) is 4.93. The van der Waals surface area contributed by atoms with Crippen LogP contribution in [-0.2, 0) is 4.79 Å². The number of ketones is 1. The smallest absolute Gasteiger partial charge is 0.321 e. The highest BCUT2D eigenvalue weighted by Crippen LogP contribution is 2.20. The minimum atomic E-state index is -0.838. The SMILES string of the molecule is CC(=O)c1ccc(NC(=O)N2CC(CC(=O)O)C2)cc1. The van der Waals surface area contributed by atoms with Crippen LogP contribution in [0.3, 0.4) is 0 Å². The molecule has 2 rings (SSSR count). The molecule has 6 nitrogen and oxygen atoms in total. The molecule has 1 fully saturated rings. The molecule has 6 heteroatoms. The van der Waals surface area contributed by atoms with Gasteiger partial charge in [0.15, 0.2) is 5.78 Å².